The van der Waals surface area contributed by atoms with Crippen molar-refractivity contribution in [3.63, 3.8) is 0 Å². The number of benzene rings is 7. The lowest BCUT2D eigenvalue weighted by atomic mass is 9.96. The number of hydrogen-bond acceptors (Lipinski definition) is 3. The Morgan fingerprint density at radius 1 is 0.340 bits per heavy atom. The van der Waals surface area contributed by atoms with Crippen molar-refractivity contribution in [3.05, 3.63) is 176 Å². The topological polar surface area (TPSA) is 12.9 Å². The molecule has 0 amide bonds. The second-order valence-electron chi connectivity index (χ2n) is 12.8. The largest absolute Gasteiger partial charge is 0.248 e. The third-order valence-electron chi connectivity index (χ3n) is 9.68. The first-order chi connectivity index (χ1) is 24.7. The Labute approximate surface area is 298 Å². The van der Waals surface area contributed by atoms with Crippen LogP contribution in [-0.4, -0.2) is 4.98 Å². The van der Waals surface area contributed by atoms with E-state index in [9.17, 15) is 0 Å². The maximum Gasteiger partial charge on any atom is 0.0730 e. The summed E-state index contributed by atoms with van der Waals surface area (Å²) in [6, 6.07) is 63.8. The highest BCUT2D eigenvalue weighted by atomic mass is 32.1. The molecule has 0 saturated carbocycles. The van der Waals surface area contributed by atoms with E-state index >= 15 is 0 Å². The van der Waals surface area contributed by atoms with Crippen LogP contribution in [0.25, 0.3) is 96.2 Å². The van der Waals surface area contributed by atoms with Crippen LogP contribution < -0.4 is 0 Å². The highest BCUT2D eigenvalue weighted by molar-refractivity contribution is 7.26. The Bertz CT molecular complexity index is 2830. The van der Waals surface area contributed by atoms with Crippen molar-refractivity contribution >= 4 is 63.7 Å². The van der Waals surface area contributed by atoms with E-state index in [0.717, 1.165) is 22.5 Å². The van der Waals surface area contributed by atoms with E-state index in [1.807, 2.05) is 22.7 Å². The summed E-state index contributed by atoms with van der Waals surface area (Å²) < 4.78 is 3.89. The minimum Gasteiger partial charge on any atom is -0.248 e. The van der Waals surface area contributed by atoms with E-state index in [2.05, 4.69) is 176 Å². The van der Waals surface area contributed by atoms with Crippen LogP contribution in [0.15, 0.2) is 176 Å². The summed E-state index contributed by atoms with van der Waals surface area (Å²) in [5.74, 6) is 0. The van der Waals surface area contributed by atoms with Crippen molar-refractivity contribution in [3.8, 4) is 55.2 Å². The molecule has 0 aliphatic rings. The average molecular weight is 672 g/mol. The van der Waals surface area contributed by atoms with Gasteiger partial charge >= 0.3 is 0 Å². The Morgan fingerprint density at radius 2 is 0.980 bits per heavy atom. The first-order valence-corrected chi connectivity index (χ1v) is 18.5. The molecule has 0 N–H and O–H groups in total. The van der Waals surface area contributed by atoms with Gasteiger partial charge < -0.3 is 0 Å². The average Bonchev–Trinajstić information content (AvgIpc) is 3.80. The Kier molecular flexibility index (Phi) is 6.93. The second-order valence-corrected chi connectivity index (χ2v) is 14.9. The summed E-state index contributed by atoms with van der Waals surface area (Å²) in [6.07, 6.45) is 0. The summed E-state index contributed by atoms with van der Waals surface area (Å²) in [5.41, 5.74) is 10.3. The standard InChI is InChI=1S/C47H29NS2/c1-2-9-30(10-3-1)33-21-22-35-26-36(24-23-34(35)25-33)42-27-38(31-17-19-32(20-18-31)46-29-37-11-4-6-15-44(37)49-46)28-43(48-42)41-14-8-13-40-39-12-5-7-16-45(39)50-47(40)41/h1-29H. The number of pyridine rings is 1. The van der Waals surface area contributed by atoms with Gasteiger partial charge in [0, 0.05) is 40.9 Å². The second kappa shape index (κ2) is 11.9. The van der Waals surface area contributed by atoms with Crippen LogP contribution in [0.4, 0.5) is 0 Å². The molecule has 10 rings (SSSR count). The highest BCUT2D eigenvalue weighted by Crippen LogP contribution is 2.41. The van der Waals surface area contributed by atoms with Crippen LogP contribution in [0.3, 0.4) is 0 Å². The summed E-state index contributed by atoms with van der Waals surface area (Å²) in [4.78, 5) is 6.68. The van der Waals surface area contributed by atoms with Gasteiger partial charge in [0.05, 0.1) is 11.4 Å². The lowest BCUT2D eigenvalue weighted by molar-refractivity contribution is 1.33. The normalized spacial score (nSPS) is 11.6. The molecule has 3 heterocycles. The minimum atomic E-state index is 0.971. The monoisotopic (exact) mass is 671 g/mol. The maximum absolute atomic E-state index is 5.39. The first kappa shape index (κ1) is 29.1. The SMILES string of the molecule is c1ccc(-c2ccc3cc(-c4cc(-c5ccc(-c6cc7ccccc7s6)cc5)cc(-c5cccc6c5sc5ccccc56)n4)ccc3c2)cc1. The number of aromatic nitrogens is 1. The van der Waals surface area contributed by atoms with Gasteiger partial charge in [-0.1, -0.05) is 133 Å². The summed E-state index contributed by atoms with van der Waals surface area (Å²) >= 11 is 3.70. The summed E-state index contributed by atoms with van der Waals surface area (Å²) in [7, 11) is 0. The molecule has 7 aromatic carbocycles. The van der Waals surface area contributed by atoms with Gasteiger partial charge in [0.25, 0.3) is 0 Å². The van der Waals surface area contributed by atoms with Crippen molar-refractivity contribution < 1.29 is 0 Å². The summed E-state index contributed by atoms with van der Waals surface area (Å²) in [5, 5.41) is 6.30. The molecule has 0 bridgehead atoms. The van der Waals surface area contributed by atoms with Crippen LogP contribution in [0.1, 0.15) is 0 Å². The zero-order valence-electron chi connectivity index (χ0n) is 27.0. The van der Waals surface area contributed by atoms with E-state index in [1.54, 1.807) is 0 Å². The molecule has 0 aliphatic heterocycles. The van der Waals surface area contributed by atoms with Gasteiger partial charge in [-0.05, 0) is 86.4 Å². The molecule has 0 fully saturated rings. The molecule has 1 nitrogen and oxygen atoms in total. The van der Waals surface area contributed by atoms with Crippen LogP contribution in [0.2, 0.25) is 0 Å². The van der Waals surface area contributed by atoms with Gasteiger partial charge in [-0.15, -0.1) is 22.7 Å². The van der Waals surface area contributed by atoms with E-state index in [-0.39, 0.29) is 0 Å². The quantitative estimate of drug-likeness (QED) is 0.177. The van der Waals surface area contributed by atoms with Crippen LogP contribution in [-0.2, 0) is 0 Å². The Balaban J connectivity index is 1.11. The third kappa shape index (κ3) is 5.11. The molecule has 3 heteroatoms. The fourth-order valence-electron chi connectivity index (χ4n) is 7.10. The van der Waals surface area contributed by atoms with Gasteiger partial charge in [0.2, 0.25) is 0 Å². The fourth-order valence-corrected chi connectivity index (χ4v) is 9.39. The molecule has 0 unspecified atom stereocenters. The van der Waals surface area contributed by atoms with Crippen LogP contribution in [0, 0.1) is 0 Å². The maximum atomic E-state index is 5.39. The van der Waals surface area contributed by atoms with E-state index in [1.165, 1.54) is 73.7 Å². The molecule has 0 radical (unpaired) electrons. The number of thiophene rings is 2. The first-order valence-electron chi connectivity index (χ1n) is 16.9. The van der Waals surface area contributed by atoms with Gasteiger partial charge in [0.1, 0.15) is 0 Å². The van der Waals surface area contributed by atoms with E-state index < -0.39 is 0 Å². The molecule has 0 spiro atoms. The van der Waals surface area contributed by atoms with Gasteiger partial charge in [-0.3, -0.25) is 0 Å². The van der Waals surface area contributed by atoms with Crippen molar-refractivity contribution in [2.45, 2.75) is 0 Å². The van der Waals surface area contributed by atoms with Gasteiger partial charge in [-0.2, -0.15) is 0 Å². The number of fused-ring (bicyclic) bond motifs is 5. The third-order valence-corrected chi connectivity index (χ3v) is 12.1. The number of hydrogen-bond donors (Lipinski definition) is 0. The highest BCUT2D eigenvalue weighted by Gasteiger charge is 2.15. The van der Waals surface area contributed by atoms with Gasteiger partial charge in [0.15, 0.2) is 0 Å². The predicted molar refractivity (Wildman–Crippen MR) is 217 cm³/mol. The molecule has 3 aromatic heterocycles. The molecule has 10 aromatic rings. The molecule has 0 atom stereocenters. The molecule has 0 saturated heterocycles. The van der Waals surface area contributed by atoms with Crippen molar-refractivity contribution in [2.24, 2.45) is 0 Å². The van der Waals surface area contributed by atoms with Crippen molar-refractivity contribution in [2.75, 3.05) is 0 Å². The smallest absolute Gasteiger partial charge is 0.0730 e. The molecular formula is C47H29NS2. The number of rotatable bonds is 5. The Morgan fingerprint density at radius 3 is 1.82 bits per heavy atom. The molecule has 0 aliphatic carbocycles. The van der Waals surface area contributed by atoms with Crippen molar-refractivity contribution in [1.82, 2.24) is 4.98 Å². The lowest BCUT2D eigenvalue weighted by Crippen LogP contribution is -1.92. The zero-order chi connectivity index (χ0) is 33.0. The minimum absolute atomic E-state index is 0.971. The molecule has 234 valence electrons. The number of nitrogens with zero attached hydrogens (tertiary/aromatic N) is 1. The predicted octanol–water partition coefficient (Wildman–Crippen LogP) is 14.2. The van der Waals surface area contributed by atoms with Crippen molar-refractivity contribution in [1.29, 1.82) is 0 Å². The fraction of sp³-hybridized carbons (Fsp3) is 0. The molecular weight excluding hydrogens is 643 g/mol. The van der Waals surface area contributed by atoms with E-state index in [0.29, 0.717) is 0 Å². The van der Waals surface area contributed by atoms with E-state index in [4.69, 9.17) is 4.98 Å². The Hall–Kier alpha value is -5.87. The van der Waals surface area contributed by atoms with Gasteiger partial charge in [-0.25, -0.2) is 4.98 Å². The van der Waals surface area contributed by atoms with Crippen LogP contribution >= 0.6 is 22.7 Å². The zero-order valence-corrected chi connectivity index (χ0v) is 28.6. The lowest BCUT2D eigenvalue weighted by Gasteiger charge is -2.12. The summed E-state index contributed by atoms with van der Waals surface area (Å²) in [6.45, 7) is 0. The molecule has 50 heavy (non-hydrogen) atoms. The van der Waals surface area contributed by atoms with Crippen LogP contribution in [0.5, 0.6) is 0 Å².